The third-order valence-corrected chi connectivity index (χ3v) is 4.95. The minimum Gasteiger partial charge on any atom is -0.371 e. The maximum Gasteiger partial charge on any atom is 0.395 e. The maximum absolute atomic E-state index is 12.7. The number of hydrogen-bond donors (Lipinski definition) is 0. The first kappa shape index (κ1) is 16.3. The Morgan fingerprint density at radius 2 is 1.91 bits per heavy atom. The standard InChI is InChI=1S/C17H20F3NO2/c1-12(17(18,19)20)13-3-5-14(6-4-13)15(22)21-9-10-23-16(11-21)7-2-8-16/h3-6,12H,2,7-11H2,1H3. The molecular weight excluding hydrogens is 307 g/mol. The van der Waals surface area contributed by atoms with E-state index in [1.54, 1.807) is 4.90 Å². The van der Waals surface area contributed by atoms with Gasteiger partial charge in [-0.1, -0.05) is 12.1 Å². The Bertz CT molecular complexity index is 578. The molecule has 0 bridgehead atoms. The summed E-state index contributed by atoms with van der Waals surface area (Å²) in [4.78, 5) is 14.3. The second-order valence-corrected chi connectivity index (χ2v) is 6.50. The second-order valence-electron chi connectivity index (χ2n) is 6.50. The smallest absolute Gasteiger partial charge is 0.371 e. The number of ether oxygens (including phenoxy) is 1. The van der Waals surface area contributed by atoms with Crippen LogP contribution in [0.25, 0.3) is 0 Å². The van der Waals surface area contributed by atoms with Crippen LogP contribution in [-0.4, -0.2) is 42.3 Å². The number of carbonyl (C=O) groups is 1. The molecule has 2 aliphatic rings. The predicted octanol–water partition coefficient (Wildman–Crippen LogP) is 3.75. The van der Waals surface area contributed by atoms with Crippen molar-refractivity contribution in [2.24, 2.45) is 0 Å². The van der Waals surface area contributed by atoms with E-state index in [0.29, 0.717) is 25.3 Å². The molecule has 0 aromatic heterocycles. The van der Waals surface area contributed by atoms with Crippen molar-refractivity contribution in [3.63, 3.8) is 0 Å². The molecule has 6 heteroatoms. The maximum atomic E-state index is 12.7. The molecule has 3 rings (SSSR count). The van der Waals surface area contributed by atoms with Crippen LogP contribution in [0.2, 0.25) is 0 Å². The van der Waals surface area contributed by atoms with Crippen LogP contribution in [0.5, 0.6) is 0 Å². The molecule has 23 heavy (non-hydrogen) atoms. The number of hydrogen-bond acceptors (Lipinski definition) is 2. The van der Waals surface area contributed by atoms with Crippen LogP contribution in [0.4, 0.5) is 13.2 Å². The van der Waals surface area contributed by atoms with E-state index in [-0.39, 0.29) is 17.1 Å². The van der Waals surface area contributed by atoms with E-state index in [4.69, 9.17) is 4.74 Å². The van der Waals surface area contributed by atoms with Crippen molar-refractivity contribution in [1.82, 2.24) is 4.90 Å². The molecule has 1 heterocycles. The number of morpholine rings is 1. The van der Waals surface area contributed by atoms with Crippen molar-refractivity contribution in [3.05, 3.63) is 35.4 Å². The third kappa shape index (κ3) is 3.22. The van der Waals surface area contributed by atoms with Gasteiger partial charge in [0.1, 0.15) is 0 Å². The summed E-state index contributed by atoms with van der Waals surface area (Å²) in [6.07, 6.45) is -1.21. The van der Waals surface area contributed by atoms with Gasteiger partial charge in [0.2, 0.25) is 0 Å². The fraction of sp³-hybridized carbons (Fsp3) is 0.588. The second kappa shape index (κ2) is 5.82. The van der Waals surface area contributed by atoms with E-state index >= 15 is 0 Å². The fourth-order valence-corrected chi connectivity index (χ4v) is 3.18. The minimum atomic E-state index is -4.27. The normalized spacial score (nSPS) is 21.8. The first-order chi connectivity index (χ1) is 10.8. The highest BCUT2D eigenvalue weighted by Crippen LogP contribution is 2.38. The van der Waals surface area contributed by atoms with Gasteiger partial charge in [0, 0.05) is 12.1 Å². The van der Waals surface area contributed by atoms with Gasteiger partial charge in [0.25, 0.3) is 5.91 Å². The minimum absolute atomic E-state index is 0.134. The molecule has 1 saturated carbocycles. The van der Waals surface area contributed by atoms with Gasteiger partial charge >= 0.3 is 6.18 Å². The number of alkyl halides is 3. The number of nitrogens with zero attached hydrogens (tertiary/aromatic N) is 1. The quantitative estimate of drug-likeness (QED) is 0.828. The molecular formula is C17H20F3NO2. The van der Waals surface area contributed by atoms with E-state index in [0.717, 1.165) is 26.2 Å². The van der Waals surface area contributed by atoms with Gasteiger partial charge < -0.3 is 9.64 Å². The molecule has 1 spiro atoms. The van der Waals surface area contributed by atoms with Gasteiger partial charge in [0.05, 0.1) is 24.7 Å². The zero-order valence-corrected chi connectivity index (χ0v) is 13.0. The summed E-state index contributed by atoms with van der Waals surface area (Å²) < 4.78 is 44.0. The van der Waals surface area contributed by atoms with Gasteiger partial charge in [-0.05, 0) is 43.9 Å². The Morgan fingerprint density at radius 1 is 1.26 bits per heavy atom. The molecule has 1 aromatic rings. The van der Waals surface area contributed by atoms with Crippen LogP contribution in [0, 0.1) is 0 Å². The largest absolute Gasteiger partial charge is 0.395 e. The first-order valence-corrected chi connectivity index (χ1v) is 7.91. The molecule has 1 aliphatic carbocycles. The van der Waals surface area contributed by atoms with Crippen LogP contribution in [-0.2, 0) is 4.74 Å². The lowest BCUT2D eigenvalue weighted by atomic mass is 9.79. The average molecular weight is 327 g/mol. The lowest BCUT2D eigenvalue weighted by Crippen LogP contribution is -2.57. The molecule has 1 atom stereocenters. The van der Waals surface area contributed by atoms with Gasteiger partial charge in [-0.3, -0.25) is 4.79 Å². The summed E-state index contributed by atoms with van der Waals surface area (Å²) in [5, 5.41) is 0. The lowest BCUT2D eigenvalue weighted by molar-refractivity contribution is -0.146. The van der Waals surface area contributed by atoms with E-state index in [1.807, 2.05) is 0 Å². The van der Waals surface area contributed by atoms with Crippen molar-refractivity contribution in [2.45, 2.75) is 43.9 Å². The summed E-state index contributed by atoms with van der Waals surface area (Å²) in [5.74, 6) is -1.67. The Labute approximate surface area is 133 Å². The first-order valence-electron chi connectivity index (χ1n) is 7.91. The van der Waals surface area contributed by atoms with Crippen molar-refractivity contribution < 1.29 is 22.7 Å². The average Bonchev–Trinajstić information content (AvgIpc) is 2.51. The van der Waals surface area contributed by atoms with Crippen molar-refractivity contribution in [3.8, 4) is 0 Å². The predicted molar refractivity (Wildman–Crippen MR) is 79.3 cm³/mol. The van der Waals surface area contributed by atoms with E-state index in [9.17, 15) is 18.0 Å². The van der Waals surface area contributed by atoms with Gasteiger partial charge in [-0.15, -0.1) is 0 Å². The molecule has 126 valence electrons. The molecule has 0 N–H and O–H groups in total. The number of halogens is 3. The van der Waals surface area contributed by atoms with Crippen LogP contribution >= 0.6 is 0 Å². The zero-order valence-electron chi connectivity index (χ0n) is 13.0. The fourth-order valence-electron chi connectivity index (χ4n) is 3.18. The molecule has 1 amide bonds. The molecule has 3 nitrogen and oxygen atoms in total. The van der Waals surface area contributed by atoms with Crippen molar-refractivity contribution >= 4 is 5.91 Å². The van der Waals surface area contributed by atoms with Crippen LogP contribution in [0.15, 0.2) is 24.3 Å². The Morgan fingerprint density at radius 3 is 2.43 bits per heavy atom. The number of carbonyl (C=O) groups excluding carboxylic acids is 1. The van der Waals surface area contributed by atoms with Gasteiger partial charge in [-0.25, -0.2) is 0 Å². The summed E-state index contributed by atoms with van der Waals surface area (Å²) >= 11 is 0. The van der Waals surface area contributed by atoms with Gasteiger partial charge in [-0.2, -0.15) is 13.2 Å². The molecule has 1 unspecified atom stereocenters. The number of rotatable bonds is 2. The Kier molecular flexibility index (Phi) is 4.12. The molecule has 1 aromatic carbocycles. The third-order valence-electron chi connectivity index (χ3n) is 4.95. The Hall–Kier alpha value is -1.56. The topological polar surface area (TPSA) is 29.5 Å². The summed E-state index contributed by atoms with van der Waals surface area (Å²) in [5.41, 5.74) is 0.421. The highest BCUT2D eigenvalue weighted by molar-refractivity contribution is 5.94. The zero-order chi connectivity index (χ0) is 16.7. The van der Waals surface area contributed by atoms with E-state index < -0.39 is 12.1 Å². The highest BCUT2D eigenvalue weighted by Gasteiger charge is 2.43. The molecule has 2 fully saturated rings. The van der Waals surface area contributed by atoms with Gasteiger partial charge in [0.15, 0.2) is 0 Å². The molecule has 0 radical (unpaired) electrons. The van der Waals surface area contributed by atoms with Crippen LogP contribution in [0.1, 0.15) is 48.0 Å². The number of benzene rings is 1. The van der Waals surface area contributed by atoms with Crippen molar-refractivity contribution in [2.75, 3.05) is 19.7 Å². The van der Waals surface area contributed by atoms with E-state index in [2.05, 4.69) is 0 Å². The SMILES string of the molecule is CC(c1ccc(C(=O)N2CCOC3(CCC3)C2)cc1)C(F)(F)F. The van der Waals surface area contributed by atoms with Crippen LogP contribution in [0.3, 0.4) is 0 Å². The van der Waals surface area contributed by atoms with Crippen molar-refractivity contribution in [1.29, 1.82) is 0 Å². The molecule has 1 aliphatic heterocycles. The monoisotopic (exact) mass is 327 g/mol. The summed E-state index contributed by atoms with van der Waals surface area (Å²) in [6.45, 7) is 2.75. The summed E-state index contributed by atoms with van der Waals surface area (Å²) in [6, 6.07) is 5.77. The summed E-state index contributed by atoms with van der Waals surface area (Å²) in [7, 11) is 0. The highest BCUT2D eigenvalue weighted by atomic mass is 19.4. The van der Waals surface area contributed by atoms with E-state index in [1.165, 1.54) is 24.3 Å². The number of amides is 1. The molecule has 1 saturated heterocycles. The Balaban J connectivity index is 1.70. The van der Waals surface area contributed by atoms with Crippen LogP contribution < -0.4 is 0 Å². The lowest BCUT2D eigenvalue weighted by Gasteiger charge is -2.48.